The normalized spacial score (nSPS) is 13.9. The molecule has 0 amide bonds. The van der Waals surface area contributed by atoms with Gasteiger partial charge >= 0.3 is 0 Å². The molecule has 37 heavy (non-hydrogen) atoms. The van der Waals surface area contributed by atoms with Crippen molar-refractivity contribution in [2.75, 3.05) is 18.1 Å². The number of anilines is 2. The smallest absolute Gasteiger partial charge is 0.188 e. The van der Waals surface area contributed by atoms with Crippen molar-refractivity contribution in [2.24, 2.45) is 0 Å². The maximum Gasteiger partial charge on any atom is 0.188 e. The Bertz CT molecular complexity index is 1680. The maximum atomic E-state index is 5.07. The highest BCUT2D eigenvalue weighted by Gasteiger charge is 2.27. The van der Waals surface area contributed by atoms with E-state index in [-0.39, 0.29) is 0 Å². The molecule has 0 unspecified atom stereocenters. The molecule has 0 aliphatic carbocycles. The van der Waals surface area contributed by atoms with Crippen LogP contribution in [-0.4, -0.2) is 27.7 Å². The fourth-order valence-electron chi connectivity index (χ4n) is 4.91. The third kappa shape index (κ3) is 4.57. The van der Waals surface area contributed by atoms with Gasteiger partial charge in [0.15, 0.2) is 5.13 Å². The lowest BCUT2D eigenvalue weighted by Gasteiger charge is -2.27. The van der Waals surface area contributed by atoms with Crippen LogP contribution >= 0.6 is 45.8 Å². The SMILES string of the molecule is CSc1ccc2nc(Nc3sc4c(c3-c3nc5ccccc5s3)CCN(Cc3ccccc3)C4)sc2c1. The molecule has 3 aromatic heterocycles. The fourth-order valence-corrected chi connectivity index (χ4v) is 8.80. The summed E-state index contributed by atoms with van der Waals surface area (Å²) in [5, 5.41) is 6.93. The third-order valence-corrected chi connectivity index (χ3v) is 10.6. The first-order chi connectivity index (χ1) is 18.2. The van der Waals surface area contributed by atoms with Crippen molar-refractivity contribution in [3.05, 3.63) is 88.8 Å². The molecule has 0 radical (unpaired) electrons. The van der Waals surface area contributed by atoms with Crippen LogP contribution in [0.3, 0.4) is 0 Å². The quantitative estimate of drug-likeness (QED) is 0.208. The number of nitrogens with one attached hydrogen (secondary N) is 1. The van der Waals surface area contributed by atoms with E-state index < -0.39 is 0 Å². The average molecular weight is 557 g/mol. The van der Waals surface area contributed by atoms with Crippen LogP contribution in [0.5, 0.6) is 0 Å². The Labute approximate surface area is 232 Å². The Morgan fingerprint density at radius 2 is 1.73 bits per heavy atom. The zero-order valence-corrected chi connectivity index (χ0v) is 23.5. The van der Waals surface area contributed by atoms with Crippen LogP contribution in [0, 0.1) is 0 Å². The molecular weight excluding hydrogens is 533 g/mol. The molecule has 0 spiro atoms. The van der Waals surface area contributed by atoms with E-state index in [2.05, 4.69) is 89.3 Å². The van der Waals surface area contributed by atoms with Gasteiger partial charge in [-0.3, -0.25) is 4.90 Å². The van der Waals surface area contributed by atoms with Crippen molar-refractivity contribution >= 4 is 76.3 Å². The molecule has 6 aromatic rings. The molecule has 184 valence electrons. The molecule has 8 heteroatoms. The molecule has 0 atom stereocenters. The summed E-state index contributed by atoms with van der Waals surface area (Å²) < 4.78 is 2.45. The van der Waals surface area contributed by atoms with Crippen molar-refractivity contribution < 1.29 is 0 Å². The Balaban J connectivity index is 1.27. The second-order valence-corrected chi connectivity index (χ2v) is 13.2. The van der Waals surface area contributed by atoms with Gasteiger partial charge in [-0.15, -0.1) is 34.4 Å². The molecule has 1 aliphatic heterocycles. The highest BCUT2D eigenvalue weighted by atomic mass is 32.2. The van der Waals surface area contributed by atoms with Crippen molar-refractivity contribution in [3.8, 4) is 10.6 Å². The second kappa shape index (κ2) is 9.85. The fraction of sp³-hybridized carbons (Fsp3) is 0.172. The van der Waals surface area contributed by atoms with Gasteiger partial charge in [-0.25, -0.2) is 9.97 Å². The van der Waals surface area contributed by atoms with E-state index in [9.17, 15) is 0 Å². The maximum absolute atomic E-state index is 5.07. The molecule has 7 rings (SSSR count). The number of rotatable bonds is 6. The van der Waals surface area contributed by atoms with Crippen LogP contribution in [0.15, 0.2) is 77.7 Å². The van der Waals surface area contributed by atoms with Crippen LogP contribution in [-0.2, 0) is 19.5 Å². The van der Waals surface area contributed by atoms with Gasteiger partial charge in [0, 0.05) is 35.0 Å². The lowest BCUT2D eigenvalue weighted by atomic mass is 10.0. The molecule has 3 aromatic carbocycles. The summed E-state index contributed by atoms with van der Waals surface area (Å²) in [5.41, 5.74) is 6.19. The first-order valence-electron chi connectivity index (χ1n) is 12.2. The van der Waals surface area contributed by atoms with E-state index >= 15 is 0 Å². The van der Waals surface area contributed by atoms with Crippen LogP contribution in [0.1, 0.15) is 16.0 Å². The number of benzene rings is 3. The minimum absolute atomic E-state index is 0.940. The lowest BCUT2D eigenvalue weighted by molar-refractivity contribution is 0.249. The Morgan fingerprint density at radius 1 is 0.892 bits per heavy atom. The number of thioether (sulfide) groups is 1. The summed E-state index contributed by atoms with van der Waals surface area (Å²) in [5.74, 6) is 0. The minimum atomic E-state index is 0.940. The molecular formula is C29H24N4S4. The van der Waals surface area contributed by atoms with Gasteiger partial charge in [0.2, 0.25) is 0 Å². The van der Waals surface area contributed by atoms with Crippen molar-refractivity contribution in [3.63, 3.8) is 0 Å². The van der Waals surface area contributed by atoms with E-state index in [4.69, 9.17) is 9.97 Å². The van der Waals surface area contributed by atoms with Crippen molar-refractivity contribution in [2.45, 2.75) is 24.4 Å². The molecule has 0 fully saturated rings. The predicted molar refractivity (Wildman–Crippen MR) is 162 cm³/mol. The number of aromatic nitrogens is 2. The summed E-state index contributed by atoms with van der Waals surface area (Å²) in [6.07, 6.45) is 3.14. The predicted octanol–water partition coefficient (Wildman–Crippen LogP) is 8.66. The first-order valence-corrected chi connectivity index (χ1v) is 15.9. The van der Waals surface area contributed by atoms with Gasteiger partial charge < -0.3 is 5.32 Å². The second-order valence-electron chi connectivity index (χ2n) is 9.12. The summed E-state index contributed by atoms with van der Waals surface area (Å²) in [6.45, 7) is 2.99. The monoisotopic (exact) mass is 556 g/mol. The van der Waals surface area contributed by atoms with E-state index in [1.807, 2.05) is 11.3 Å². The molecule has 4 heterocycles. The number of fused-ring (bicyclic) bond motifs is 3. The minimum Gasteiger partial charge on any atom is -0.323 e. The number of thiazole rings is 2. The number of hydrogen-bond acceptors (Lipinski definition) is 8. The van der Waals surface area contributed by atoms with Gasteiger partial charge in [-0.05, 0) is 54.1 Å². The number of hydrogen-bond donors (Lipinski definition) is 1. The molecule has 0 saturated heterocycles. The molecule has 1 N–H and O–H groups in total. The number of para-hydroxylation sites is 1. The van der Waals surface area contributed by atoms with Crippen molar-refractivity contribution in [1.82, 2.24) is 14.9 Å². The van der Waals surface area contributed by atoms with Gasteiger partial charge in [0.1, 0.15) is 10.0 Å². The number of thiophene rings is 1. The Kier molecular flexibility index (Phi) is 6.22. The van der Waals surface area contributed by atoms with Crippen LogP contribution in [0.2, 0.25) is 0 Å². The van der Waals surface area contributed by atoms with E-state index in [1.54, 1.807) is 34.4 Å². The van der Waals surface area contributed by atoms with Gasteiger partial charge in [0.25, 0.3) is 0 Å². The van der Waals surface area contributed by atoms with E-state index in [1.165, 1.54) is 35.9 Å². The van der Waals surface area contributed by atoms with E-state index in [0.29, 0.717) is 0 Å². The number of nitrogens with zero attached hydrogens (tertiary/aromatic N) is 3. The summed E-state index contributed by atoms with van der Waals surface area (Å²) in [7, 11) is 0. The summed E-state index contributed by atoms with van der Waals surface area (Å²) >= 11 is 7.15. The molecule has 0 saturated carbocycles. The molecule has 0 bridgehead atoms. The standard InChI is InChI=1S/C29H24N4S4/c1-34-19-11-12-22-24(15-19)37-29(31-22)32-28-26(27-30-21-9-5-6-10-23(21)35-27)20-13-14-33(17-25(20)36-28)16-18-7-3-2-4-8-18/h2-12,15H,13-14,16-17H2,1H3,(H,31,32). The Morgan fingerprint density at radius 3 is 2.59 bits per heavy atom. The average Bonchev–Trinajstić information content (AvgIpc) is 3.62. The molecule has 4 nitrogen and oxygen atoms in total. The summed E-state index contributed by atoms with van der Waals surface area (Å²) in [6, 6.07) is 25.7. The topological polar surface area (TPSA) is 41.1 Å². The van der Waals surface area contributed by atoms with Crippen molar-refractivity contribution in [1.29, 1.82) is 0 Å². The first kappa shape index (κ1) is 23.4. The van der Waals surface area contributed by atoms with Gasteiger partial charge in [0.05, 0.1) is 20.4 Å². The Hall–Kier alpha value is -2.75. The van der Waals surface area contributed by atoms with Crippen LogP contribution < -0.4 is 5.32 Å². The zero-order chi connectivity index (χ0) is 24.8. The zero-order valence-electron chi connectivity index (χ0n) is 20.2. The van der Waals surface area contributed by atoms with Crippen LogP contribution in [0.25, 0.3) is 31.0 Å². The summed E-state index contributed by atoms with van der Waals surface area (Å²) in [4.78, 5) is 15.2. The highest BCUT2D eigenvalue weighted by molar-refractivity contribution is 7.98. The van der Waals surface area contributed by atoms with Gasteiger partial charge in [-0.2, -0.15) is 0 Å². The third-order valence-electron chi connectivity index (χ3n) is 6.71. The largest absolute Gasteiger partial charge is 0.323 e. The highest BCUT2D eigenvalue weighted by Crippen LogP contribution is 2.47. The molecule has 1 aliphatic rings. The van der Waals surface area contributed by atoms with E-state index in [0.717, 1.165) is 52.2 Å². The lowest BCUT2D eigenvalue weighted by Crippen LogP contribution is -2.29. The van der Waals surface area contributed by atoms with Gasteiger partial charge in [-0.1, -0.05) is 53.8 Å². The van der Waals surface area contributed by atoms with Crippen LogP contribution in [0.4, 0.5) is 10.1 Å².